The monoisotopic (exact) mass is 267 g/mol. The van der Waals surface area contributed by atoms with Crippen molar-refractivity contribution >= 4 is 6.29 Å². The van der Waals surface area contributed by atoms with Crippen molar-refractivity contribution in [3.8, 4) is 16.9 Å². The highest BCUT2D eigenvalue weighted by atomic mass is 19.1. The molecule has 2 aromatic heterocycles. The van der Waals surface area contributed by atoms with Gasteiger partial charge in [-0.3, -0.25) is 9.78 Å². The van der Waals surface area contributed by atoms with Crippen molar-refractivity contribution in [3.63, 3.8) is 0 Å². The van der Waals surface area contributed by atoms with Crippen LogP contribution in [-0.4, -0.2) is 21.1 Å². The predicted octanol–water partition coefficient (Wildman–Crippen LogP) is 2.89. The van der Waals surface area contributed by atoms with E-state index < -0.39 is 5.82 Å². The van der Waals surface area contributed by atoms with Crippen LogP contribution in [0.4, 0.5) is 4.39 Å². The first kappa shape index (κ1) is 12.2. The summed E-state index contributed by atoms with van der Waals surface area (Å²) in [6.07, 6.45) is 4.90. The number of carbonyl (C=O) groups excluding carboxylic acids is 1. The summed E-state index contributed by atoms with van der Waals surface area (Å²) in [5.74, 6) is -0.464. The van der Waals surface area contributed by atoms with Crippen molar-refractivity contribution in [2.45, 2.75) is 0 Å². The summed E-state index contributed by atoms with van der Waals surface area (Å²) in [7, 11) is 0. The lowest BCUT2D eigenvalue weighted by Crippen LogP contribution is -1.94. The van der Waals surface area contributed by atoms with E-state index in [2.05, 4.69) is 10.1 Å². The second-order valence-electron chi connectivity index (χ2n) is 4.22. The minimum atomic E-state index is -0.464. The van der Waals surface area contributed by atoms with Crippen LogP contribution in [0.15, 0.2) is 55.0 Å². The summed E-state index contributed by atoms with van der Waals surface area (Å²) in [6, 6.07) is 10.7. The molecule has 20 heavy (non-hydrogen) atoms. The first-order valence-electron chi connectivity index (χ1n) is 5.99. The average Bonchev–Trinajstić information content (AvgIpc) is 2.92. The summed E-state index contributed by atoms with van der Waals surface area (Å²) < 4.78 is 14.8. The fourth-order valence-corrected chi connectivity index (χ4v) is 1.95. The SMILES string of the molecule is O=Cc1cn(-c2ccccc2)nc1-c1cncc(F)c1. The number of rotatable bonds is 3. The summed E-state index contributed by atoms with van der Waals surface area (Å²) >= 11 is 0. The first-order valence-corrected chi connectivity index (χ1v) is 5.99. The van der Waals surface area contributed by atoms with E-state index in [0.29, 0.717) is 23.1 Å². The van der Waals surface area contributed by atoms with Gasteiger partial charge in [0, 0.05) is 18.0 Å². The molecule has 0 atom stereocenters. The maximum atomic E-state index is 13.2. The standard InChI is InChI=1S/C15H10FN3O/c16-13-6-11(7-17-8-13)15-12(10-20)9-19(18-15)14-4-2-1-3-5-14/h1-10H. The predicted molar refractivity (Wildman–Crippen MR) is 72.1 cm³/mol. The lowest BCUT2D eigenvalue weighted by Gasteiger charge is -2.00. The molecule has 0 saturated heterocycles. The second-order valence-corrected chi connectivity index (χ2v) is 4.22. The quantitative estimate of drug-likeness (QED) is 0.685. The number of para-hydroxylation sites is 1. The Hall–Kier alpha value is -2.82. The van der Waals surface area contributed by atoms with Crippen LogP contribution in [0, 0.1) is 5.82 Å². The molecule has 3 rings (SSSR count). The third kappa shape index (κ3) is 2.21. The number of hydrogen-bond donors (Lipinski definition) is 0. The molecule has 0 aliphatic rings. The Morgan fingerprint density at radius 3 is 2.65 bits per heavy atom. The first-order chi connectivity index (χ1) is 9.78. The highest BCUT2D eigenvalue weighted by Crippen LogP contribution is 2.22. The molecule has 0 amide bonds. The third-order valence-electron chi connectivity index (χ3n) is 2.87. The van der Waals surface area contributed by atoms with Crippen LogP contribution in [0.1, 0.15) is 10.4 Å². The average molecular weight is 267 g/mol. The summed E-state index contributed by atoms with van der Waals surface area (Å²) in [5, 5.41) is 4.34. The zero-order valence-corrected chi connectivity index (χ0v) is 10.4. The lowest BCUT2D eigenvalue weighted by molar-refractivity contribution is 0.112. The van der Waals surface area contributed by atoms with Gasteiger partial charge in [0.25, 0.3) is 0 Å². The van der Waals surface area contributed by atoms with Crippen molar-refractivity contribution in [2.24, 2.45) is 0 Å². The van der Waals surface area contributed by atoms with Crippen LogP contribution in [0.2, 0.25) is 0 Å². The van der Waals surface area contributed by atoms with Gasteiger partial charge in [-0.25, -0.2) is 9.07 Å². The van der Waals surface area contributed by atoms with Gasteiger partial charge in [0.05, 0.1) is 17.4 Å². The molecule has 0 aliphatic carbocycles. The van der Waals surface area contributed by atoms with Gasteiger partial charge < -0.3 is 0 Å². The molecule has 0 radical (unpaired) electrons. The molecule has 2 heterocycles. The molecule has 98 valence electrons. The largest absolute Gasteiger partial charge is 0.298 e. The van der Waals surface area contributed by atoms with E-state index in [9.17, 15) is 9.18 Å². The van der Waals surface area contributed by atoms with Crippen molar-refractivity contribution in [1.82, 2.24) is 14.8 Å². The van der Waals surface area contributed by atoms with Crippen molar-refractivity contribution in [2.75, 3.05) is 0 Å². The minimum absolute atomic E-state index is 0.390. The van der Waals surface area contributed by atoms with E-state index >= 15 is 0 Å². The fourth-order valence-electron chi connectivity index (χ4n) is 1.95. The minimum Gasteiger partial charge on any atom is -0.298 e. The van der Waals surface area contributed by atoms with Crippen LogP contribution in [0.3, 0.4) is 0 Å². The zero-order chi connectivity index (χ0) is 13.9. The maximum absolute atomic E-state index is 13.2. The van der Waals surface area contributed by atoms with Gasteiger partial charge in [-0.2, -0.15) is 5.10 Å². The van der Waals surface area contributed by atoms with Crippen LogP contribution >= 0.6 is 0 Å². The van der Waals surface area contributed by atoms with E-state index in [-0.39, 0.29) is 0 Å². The highest BCUT2D eigenvalue weighted by Gasteiger charge is 2.12. The number of aromatic nitrogens is 3. The molecule has 1 aromatic carbocycles. The molecule has 0 saturated carbocycles. The molecule has 0 fully saturated rings. The number of carbonyl (C=O) groups is 1. The van der Waals surface area contributed by atoms with Gasteiger partial charge in [0.1, 0.15) is 11.5 Å². The number of benzene rings is 1. The van der Waals surface area contributed by atoms with E-state index in [4.69, 9.17) is 0 Å². The van der Waals surface area contributed by atoms with Crippen molar-refractivity contribution in [3.05, 3.63) is 66.4 Å². The lowest BCUT2D eigenvalue weighted by atomic mass is 10.1. The second kappa shape index (κ2) is 5.05. The molecule has 0 bridgehead atoms. The summed E-state index contributed by atoms with van der Waals surface area (Å²) in [6.45, 7) is 0. The van der Waals surface area contributed by atoms with Crippen LogP contribution in [0.5, 0.6) is 0 Å². The normalized spacial score (nSPS) is 10.4. The van der Waals surface area contributed by atoms with Gasteiger partial charge in [-0.15, -0.1) is 0 Å². The van der Waals surface area contributed by atoms with E-state index in [1.165, 1.54) is 12.3 Å². The van der Waals surface area contributed by atoms with Crippen LogP contribution in [0.25, 0.3) is 16.9 Å². The van der Waals surface area contributed by atoms with Gasteiger partial charge in [-0.1, -0.05) is 18.2 Å². The smallest absolute Gasteiger partial charge is 0.153 e. The van der Waals surface area contributed by atoms with Gasteiger partial charge >= 0.3 is 0 Å². The van der Waals surface area contributed by atoms with E-state index in [0.717, 1.165) is 11.9 Å². The molecule has 5 heteroatoms. The Morgan fingerprint density at radius 2 is 1.95 bits per heavy atom. The van der Waals surface area contributed by atoms with Gasteiger partial charge in [0.2, 0.25) is 0 Å². The zero-order valence-electron chi connectivity index (χ0n) is 10.4. The maximum Gasteiger partial charge on any atom is 0.153 e. The van der Waals surface area contributed by atoms with Crippen LogP contribution < -0.4 is 0 Å². The Bertz CT molecular complexity index is 753. The summed E-state index contributed by atoms with van der Waals surface area (Å²) in [4.78, 5) is 14.9. The van der Waals surface area contributed by atoms with E-state index in [1.807, 2.05) is 30.3 Å². The molecule has 4 nitrogen and oxygen atoms in total. The van der Waals surface area contributed by atoms with Crippen molar-refractivity contribution in [1.29, 1.82) is 0 Å². The molecule has 0 aliphatic heterocycles. The fraction of sp³-hybridized carbons (Fsp3) is 0. The molecule has 0 unspecified atom stereocenters. The Labute approximate surface area is 114 Å². The van der Waals surface area contributed by atoms with Crippen LogP contribution in [-0.2, 0) is 0 Å². The highest BCUT2D eigenvalue weighted by molar-refractivity contribution is 5.85. The van der Waals surface area contributed by atoms with Gasteiger partial charge in [-0.05, 0) is 18.2 Å². The number of hydrogen-bond acceptors (Lipinski definition) is 3. The number of aldehydes is 1. The molecular formula is C15H10FN3O. The van der Waals surface area contributed by atoms with E-state index in [1.54, 1.807) is 10.9 Å². The Kier molecular flexibility index (Phi) is 3.09. The number of pyridine rings is 1. The number of halogens is 1. The van der Waals surface area contributed by atoms with Crippen molar-refractivity contribution < 1.29 is 9.18 Å². The third-order valence-corrected chi connectivity index (χ3v) is 2.87. The molecular weight excluding hydrogens is 257 g/mol. The molecule has 3 aromatic rings. The summed E-state index contributed by atoms with van der Waals surface area (Å²) in [5.41, 5.74) is 2.10. The Balaban J connectivity index is 2.13. The number of nitrogens with zero attached hydrogens (tertiary/aromatic N) is 3. The topological polar surface area (TPSA) is 47.8 Å². The Morgan fingerprint density at radius 1 is 1.15 bits per heavy atom. The van der Waals surface area contributed by atoms with Gasteiger partial charge in [0.15, 0.2) is 6.29 Å². The molecule has 0 spiro atoms. The molecule has 0 N–H and O–H groups in total.